The minimum absolute atomic E-state index is 0.108. The summed E-state index contributed by atoms with van der Waals surface area (Å²) >= 11 is 6.20. The molecule has 0 bridgehead atoms. The first-order valence-electron chi connectivity index (χ1n) is 10.7. The van der Waals surface area contributed by atoms with Crippen molar-refractivity contribution in [1.82, 2.24) is 20.3 Å². The number of aromatic amines is 1. The predicted molar refractivity (Wildman–Crippen MR) is 134 cm³/mol. The van der Waals surface area contributed by atoms with Crippen LogP contribution in [-0.2, 0) is 4.79 Å². The van der Waals surface area contributed by atoms with Crippen molar-refractivity contribution in [1.29, 1.82) is 0 Å². The standard InChI is InChI=1S/C25H22ClN5O4/c1-3-4-16(32)14-34-23-11-15(5-7-19(23)26)29-25-30-20-8-6-17(12-21(20)31-25)35-18-9-10-28-22(13-18)24(33)27-2/h3-13H,14H2,1-2H3,(H,27,33)(H2,29,30,31). The number of halogens is 1. The molecule has 4 rings (SSSR count). The van der Waals surface area contributed by atoms with Crippen LogP contribution in [0.3, 0.4) is 0 Å². The summed E-state index contributed by atoms with van der Waals surface area (Å²) in [7, 11) is 1.54. The SMILES string of the molecule is CC=CC(=O)COc1cc(Nc2nc3ccc(Oc4ccnc(C(=O)NC)c4)cc3[nH]2)ccc1Cl. The second-order valence-electron chi connectivity index (χ2n) is 7.35. The highest BCUT2D eigenvalue weighted by Crippen LogP contribution is 2.30. The maximum atomic E-state index is 11.8. The summed E-state index contributed by atoms with van der Waals surface area (Å²) in [6.45, 7) is 1.66. The van der Waals surface area contributed by atoms with Crippen molar-refractivity contribution < 1.29 is 19.1 Å². The van der Waals surface area contributed by atoms with E-state index >= 15 is 0 Å². The van der Waals surface area contributed by atoms with Crippen LogP contribution in [0.5, 0.6) is 17.2 Å². The molecule has 0 saturated heterocycles. The first-order valence-corrected chi connectivity index (χ1v) is 11.0. The molecular weight excluding hydrogens is 470 g/mol. The number of anilines is 2. The summed E-state index contributed by atoms with van der Waals surface area (Å²) in [5, 5.41) is 6.10. The molecule has 2 heterocycles. The highest BCUT2D eigenvalue weighted by molar-refractivity contribution is 6.32. The fourth-order valence-electron chi connectivity index (χ4n) is 3.19. The molecule has 1 amide bonds. The average Bonchev–Trinajstić information content (AvgIpc) is 3.25. The molecule has 178 valence electrons. The molecule has 0 spiro atoms. The highest BCUT2D eigenvalue weighted by atomic mass is 35.5. The number of ether oxygens (including phenoxy) is 2. The molecule has 4 aromatic rings. The molecule has 9 nitrogen and oxygen atoms in total. The Bertz CT molecular complexity index is 1420. The Labute approximate surface area is 206 Å². The van der Waals surface area contributed by atoms with E-state index in [0.717, 1.165) is 11.0 Å². The van der Waals surface area contributed by atoms with E-state index < -0.39 is 0 Å². The molecule has 2 aromatic carbocycles. The van der Waals surface area contributed by atoms with Gasteiger partial charge < -0.3 is 25.1 Å². The maximum Gasteiger partial charge on any atom is 0.269 e. The third-order valence-electron chi connectivity index (χ3n) is 4.80. The Balaban J connectivity index is 1.49. The van der Waals surface area contributed by atoms with Crippen molar-refractivity contribution in [2.75, 3.05) is 19.0 Å². The van der Waals surface area contributed by atoms with Crippen LogP contribution in [0.2, 0.25) is 5.02 Å². The Morgan fingerprint density at radius 2 is 1.94 bits per heavy atom. The number of amides is 1. The number of nitrogens with zero attached hydrogens (tertiary/aromatic N) is 2. The molecule has 2 aromatic heterocycles. The van der Waals surface area contributed by atoms with Crippen LogP contribution >= 0.6 is 11.6 Å². The van der Waals surface area contributed by atoms with Gasteiger partial charge in [-0.2, -0.15) is 0 Å². The maximum absolute atomic E-state index is 11.8. The molecule has 0 radical (unpaired) electrons. The van der Waals surface area contributed by atoms with E-state index in [9.17, 15) is 9.59 Å². The van der Waals surface area contributed by atoms with Gasteiger partial charge in [0.2, 0.25) is 5.95 Å². The van der Waals surface area contributed by atoms with E-state index in [1.54, 1.807) is 62.5 Å². The lowest BCUT2D eigenvalue weighted by Crippen LogP contribution is -2.18. The average molecular weight is 492 g/mol. The number of benzene rings is 2. The van der Waals surface area contributed by atoms with Gasteiger partial charge in [0, 0.05) is 37.1 Å². The van der Waals surface area contributed by atoms with Crippen molar-refractivity contribution in [2.24, 2.45) is 0 Å². The third-order valence-corrected chi connectivity index (χ3v) is 5.11. The lowest BCUT2D eigenvalue weighted by molar-refractivity contribution is -0.116. The van der Waals surface area contributed by atoms with Crippen LogP contribution in [0.25, 0.3) is 11.0 Å². The minimum Gasteiger partial charge on any atom is -0.484 e. The highest BCUT2D eigenvalue weighted by Gasteiger charge is 2.10. The number of ketones is 1. The fraction of sp³-hybridized carbons (Fsp3) is 0.120. The van der Waals surface area contributed by atoms with E-state index in [1.165, 1.54) is 12.3 Å². The van der Waals surface area contributed by atoms with Crippen LogP contribution in [0.15, 0.2) is 66.9 Å². The van der Waals surface area contributed by atoms with E-state index in [1.807, 2.05) is 6.07 Å². The van der Waals surface area contributed by atoms with E-state index in [-0.39, 0.29) is 24.0 Å². The Morgan fingerprint density at radius 1 is 1.11 bits per heavy atom. The minimum atomic E-state index is -0.296. The number of carbonyl (C=O) groups is 2. The van der Waals surface area contributed by atoms with E-state index in [0.29, 0.717) is 33.9 Å². The Morgan fingerprint density at radius 3 is 2.74 bits per heavy atom. The van der Waals surface area contributed by atoms with Gasteiger partial charge in [0.25, 0.3) is 5.91 Å². The Kier molecular flexibility index (Phi) is 7.27. The molecule has 3 N–H and O–H groups in total. The van der Waals surface area contributed by atoms with Gasteiger partial charge in [0.1, 0.15) is 22.9 Å². The number of pyridine rings is 1. The summed E-state index contributed by atoms with van der Waals surface area (Å²) in [6.07, 6.45) is 4.61. The second kappa shape index (κ2) is 10.7. The zero-order chi connectivity index (χ0) is 24.8. The normalized spacial score (nSPS) is 10.9. The van der Waals surface area contributed by atoms with Crippen LogP contribution in [0, 0.1) is 0 Å². The smallest absolute Gasteiger partial charge is 0.269 e. The lowest BCUT2D eigenvalue weighted by Gasteiger charge is -2.09. The van der Waals surface area contributed by atoms with Gasteiger partial charge in [0.15, 0.2) is 12.4 Å². The van der Waals surface area contributed by atoms with Crippen molar-refractivity contribution in [3.63, 3.8) is 0 Å². The zero-order valence-corrected chi connectivity index (χ0v) is 19.7. The molecule has 0 aliphatic carbocycles. The Hall–Kier alpha value is -4.37. The number of fused-ring (bicyclic) bond motifs is 1. The van der Waals surface area contributed by atoms with Gasteiger partial charge in [-0.05, 0) is 43.3 Å². The first kappa shape index (κ1) is 23.8. The number of rotatable bonds is 9. The number of aromatic nitrogens is 3. The molecule has 0 aliphatic rings. The van der Waals surface area contributed by atoms with Crippen molar-refractivity contribution >= 4 is 46.0 Å². The summed E-state index contributed by atoms with van der Waals surface area (Å²) in [5.74, 6) is 1.48. The molecule has 0 aliphatic heterocycles. The van der Waals surface area contributed by atoms with Crippen LogP contribution in [-0.4, -0.2) is 40.3 Å². The summed E-state index contributed by atoms with van der Waals surface area (Å²) < 4.78 is 11.4. The van der Waals surface area contributed by atoms with Gasteiger partial charge in [-0.1, -0.05) is 17.7 Å². The van der Waals surface area contributed by atoms with Crippen molar-refractivity contribution in [2.45, 2.75) is 6.92 Å². The zero-order valence-electron chi connectivity index (χ0n) is 19.0. The first-order chi connectivity index (χ1) is 16.9. The monoisotopic (exact) mass is 491 g/mol. The van der Waals surface area contributed by atoms with Crippen molar-refractivity contribution in [3.05, 3.63) is 77.6 Å². The van der Waals surface area contributed by atoms with E-state index in [4.69, 9.17) is 21.1 Å². The van der Waals surface area contributed by atoms with Gasteiger partial charge in [-0.3, -0.25) is 14.6 Å². The van der Waals surface area contributed by atoms with Crippen molar-refractivity contribution in [3.8, 4) is 17.2 Å². The van der Waals surface area contributed by atoms with Crippen LogP contribution in [0.1, 0.15) is 17.4 Å². The van der Waals surface area contributed by atoms with Gasteiger partial charge in [-0.25, -0.2) is 4.98 Å². The van der Waals surface area contributed by atoms with Crippen LogP contribution in [0.4, 0.5) is 11.6 Å². The molecule has 0 saturated carbocycles. The molecule has 10 heteroatoms. The summed E-state index contributed by atoms with van der Waals surface area (Å²) in [5.41, 5.74) is 2.41. The fourth-order valence-corrected chi connectivity index (χ4v) is 3.36. The number of hydrogen-bond donors (Lipinski definition) is 3. The van der Waals surface area contributed by atoms with Gasteiger partial charge in [0.05, 0.1) is 16.1 Å². The molecule has 0 atom stereocenters. The topological polar surface area (TPSA) is 118 Å². The van der Waals surface area contributed by atoms with E-state index in [2.05, 4.69) is 25.6 Å². The van der Waals surface area contributed by atoms with Gasteiger partial charge in [-0.15, -0.1) is 0 Å². The quantitative estimate of drug-likeness (QED) is 0.281. The molecule has 0 unspecified atom stereocenters. The van der Waals surface area contributed by atoms with Crippen LogP contribution < -0.4 is 20.1 Å². The predicted octanol–water partition coefficient (Wildman–Crippen LogP) is 5.03. The number of nitrogens with one attached hydrogen (secondary N) is 3. The molecular formula is C25H22ClN5O4. The second-order valence-corrected chi connectivity index (χ2v) is 7.75. The molecule has 35 heavy (non-hydrogen) atoms. The largest absolute Gasteiger partial charge is 0.484 e. The third kappa shape index (κ3) is 5.96. The van der Waals surface area contributed by atoms with Gasteiger partial charge >= 0.3 is 0 Å². The number of imidazole rings is 1. The summed E-state index contributed by atoms with van der Waals surface area (Å²) in [6, 6.07) is 13.8. The summed E-state index contributed by atoms with van der Waals surface area (Å²) in [4.78, 5) is 35.2. The molecule has 0 fully saturated rings. The number of allylic oxidation sites excluding steroid dienone is 1. The lowest BCUT2D eigenvalue weighted by atomic mass is 10.3. The number of hydrogen-bond acceptors (Lipinski definition) is 7. The number of H-pyrrole nitrogens is 1. The number of carbonyl (C=O) groups excluding carboxylic acids is 2.